The Morgan fingerprint density at radius 2 is 0.757 bits per heavy atom. The van der Waals surface area contributed by atoms with E-state index in [1.165, 1.54) is 96.3 Å². The van der Waals surface area contributed by atoms with Crippen LogP contribution in [0.2, 0.25) is 0 Å². The van der Waals surface area contributed by atoms with Crippen molar-refractivity contribution in [2.45, 2.75) is 251 Å². The maximum Gasteiger partial charge on any atom is 0.472 e. The van der Waals surface area contributed by atoms with Gasteiger partial charge in [-0.3, -0.25) is 23.4 Å². The average Bonchev–Trinajstić information content (AvgIpc) is 3.35. The zero-order valence-electron chi connectivity index (χ0n) is 44.5. The lowest BCUT2D eigenvalue weighted by Gasteiger charge is -2.21. The van der Waals surface area contributed by atoms with Crippen molar-refractivity contribution in [1.29, 1.82) is 0 Å². The number of carbonyl (C=O) groups is 3. The maximum absolute atomic E-state index is 12.9. The van der Waals surface area contributed by atoms with Crippen LogP contribution in [-0.4, -0.2) is 66.5 Å². The first-order valence-electron chi connectivity index (χ1n) is 27.8. The molecule has 0 aliphatic rings. The van der Waals surface area contributed by atoms with E-state index in [-0.39, 0.29) is 25.9 Å². The molecule has 0 aliphatic heterocycles. The van der Waals surface area contributed by atoms with Crippen LogP contribution >= 0.6 is 7.82 Å². The van der Waals surface area contributed by atoms with Crippen molar-refractivity contribution in [1.82, 2.24) is 0 Å². The quantitative estimate of drug-likeness (QED) is 0.0197. The van der Waals surface area contributed by atoms with E-state index in [0.717, 1.165) is 77.0 Å². The molecule has 0 saturated carbocycles. The number of esters is 3. The van der Waals surface area contributed by atoms with E-state index < -0.39 is 57.8 Å². The molecule has 70 heavy (non-hydrogen) atoms. The Bertz CT molecular complexity index is 1450. The summed E-state index contributed by atoms with van der Waals surface area (Å²) in [5, 5.41) is 9.80. The smallest absolute Gasteiger partial charge is 0.462 e. The van der Waals surface area contributed by atoms with Crippen LogP contribution in [-0.2, 0) is 42.2 Å². The second-order valence-electron chi connectivity index (χ2n) is 18.4. The summed E-state index contributed by atoms with van der Waals surface area (Å²) in [6.07, 6.45) is 57.4. The lowest BCUT2D eigenvalue weighted by molar-refractivity contribution is -0.161. The Hall–Kier alpha value is -3.08. The van der Waals surface area contributed by atoms with Crippen molar-refractivity contribution in [3.8, 4) is 0 Å². The topological polar surface area (TPSA) is 155 Å². The van der Waals surface area contributed by atoms with Crippen LogP contribution in [0.25, 0.3) is 0 Å². The van der Waals surface area contributed by atoms with Gasteiger partial charge in [0.1, 0.15) is 12.7 Å². The number of allylic oxidation sites excluding steroid dienone is 12. The fourth-order valence-electron chi connectivity index (χ4n) is 7.39. The molecule has 0 amide bonds. The fourth-order valence-corrected chi connectivity index (χ4v) is 8.17. The van der Waals surface area contributed by atoms with Gasteiger partial charge in [-0.15, -0.1) is 0 Å². The molecular weight excluding hydrogens is 904 g/mol. The highest BCUT2D eigenvalue weighted by Gasteiger charge is 2.28. The van der Waals surface area contributed by atoms with Gasteiger partial charge in [-0.05, 0) is 83.5 Å². The molecule has 0 bridgehead atoms. The van der Waals surface area contributed by atoms with Gasteiger partial charge < -0.3 is 24.2 Å². The highest BCUT2D eigenvalue weighted by Crippen LogP contribution is 2.43. The van der Waals surface area contributed by atoms with E-state index in [0.29, 0.717) is 25.7 Å². The minimum atomic E-state index is -4.76. The Morgan fingerprint density at radius 1 is 0.414 bits per heavy atom. The van der Waals surface area contributed by atoms with Gasteiger partial charge in [-0.25, -0.2) is 4.57 Å². The second kappa shape index (κ2) is 52.2. The molecule has 0 fully saturated rings. The van der Waals surface area contributed by atoms with Crippen LogP contribution < -0.4 is 0 Å². The molecule has 0 spiro atoms. The summed E-state index contributed by atoms with van der Waals surface area (Å²) in [7, 11) is -4.76. The van der Waals surface area contributed by atoms with E-state index in [9.17, 15) is 28.9 Å². The molecule has 11 nitrogen and oxygen atoms in total. The molecule has 404 valence electrons. The molecule has 0 rings (SSSR count). The summed E-state index contributed by atoms with van der Waals surface area (Å²) in [5.74, 6) is -1.54. The van der Waals surface area contributed by atoms with Gasteiger partial charge in [0.15, 0.2) is 6.10 Å². The van der Waals surface area contributed by atoms with Crippen LogP contribution in [0.4, 0.5) is 0 Å². The third kappa shape index (κ3) is 49.9. The van der Waals surface area contributed by atoms with E-state index in [2.05, 4.69) is 81.5 Å². The second-order valence-corrected chi connectivity index (χ2v) is 19.8. The zero-order chi connectivity index (χ0) is 51.3. The zero-order valence-corrected chi connectivity index (χ0v) is 45.4. The number of phosphoric acid groups is 1. The summed E-state index contributed by atoms with van der Waals surface area (Å²) in [5.41, 5.74) is 0. The predicted molar refractivity (Wildman–Crippen MR) is 288 cm³/mol. The number of ether oxygens (including phenoxy) is 3. The summed E-state index contributed by atoms with van der Waals surface area (Å²) >= 11 is 0. The average molecular weight is 1010 g/mol. The number of rotatable bonds is 51. The summed E-state index contributed by atoms with van der Waals surface area (Å²) in [6, 6.07) is 0. The van der Waals surface area contributed by atoms with Crippen LogP contribution in [0.15, 0.2) is 72.9 Å². The number of hydrogen-bond acceptors (Lipinski definition) is 10. The van der Waals surface area contributed by atoms with E-state index >= 15 is 0 Å². The fraction of sp³-hybridized carbons (Fsp3) is 0.741. The van der Waals surface area contributed by atoms with Crippen molar-refractivity contribution in [2.75, 3.05) is 26.4 Å². The van der Waals surface area contributed by atoms with Gasteiger partial charge in [-0.1, -0.05) is 209 Å². The molecule has 0 aromatic rings. The number of carbonyl (C=O) groups excluding carboxylic acids is 3. The first-order chi connectivity index (χ1) is 34.2. The van der Waals surface area contributed by atoms with Gasteiger partial charge >= 0.3 is 25.7 Å². The van der Waals surface area contributed by atoms with Gasteiger partial charge in [0, 0.05) is 19.3 Å². The van der Waals surface area contributed by atoms with Crippen molar-refractivity contribution >= 4 is 25.7 Å². The van der Waals surface area contributed by atoms with Crippen LogP contribution in [0.1, 0.15) is 239 Å². The molecule has 3 atom stereocenters. The molecule has 2 N–H and O–H groups in total. The third-order valence-electron chi connectivity index (χ3n) is 11.6. The maximum atomic E-state index is 12.9. The van der Waals surface area contributed by atoms with Crippen molar-refractivity contribution < 1.29 is 52.2 Å². The minimum Gasteiger partial charge on any atom is -0.462 e. The van der Waals surface area contributed by atoms with Gasteiger partial charge in [-0.2, -0.15) is 0 Å². The van der Waals surface area contributed by atoms with E-state index in [1.807, 2.05) is 12.2 Å². The standard InChI is InChI=1S/C58H101O11P/c1-4-7-10-13-16-19-21-23-25-27-29-31-33-36-39-42-45-48-57(61)68-54(50-59)52-66-70(63,64)67-53-55(51-65-56(60)47-44-41-38-35-18-15-12-9-6-3)69-58(62)49-46-43-40-37-34-32-30-28-26-24-22-20-17-14-11-8-5-2/h8,11,17,20,23-26,30,32,37,40,54-55,59H,4-7,9-10,12-16,18-19,21-22,27-29,31,33-36,38-39,41-53H2,1-3H3,(H,63,64)/b11-8-,20-17-,25-23-,26-24-,32-30-,40-37-. The molecule has 0 radical (unpaired) electrons. The lowest BCUT2D eigenvalue weighted by atomic mass is 10.1. The Morgan fingerprint density at radius 3 is 1.21 bits per heavy atom. The van der Waals surface area contributed by atoms with Gasteiger partial charge in [0.25, 0.3) is 0 Å². The van der Waals surface area contributed by atoms with Crippen molar-refractivity contribution in [3.05, 3.63) is 72.9 Å². The van der Waals surface area contributed by atoms with Gasteiger partial charge in [0.05, 0.1) is 19.8 Å². The van der Waals surface area contributed by atoms with Crippen molar-refractivity contribution in [2.24, 2.45) is 0 Å². The first-order valence-corrected chi connectivity index (χ1v) is 29.3. The summed E-state index contributed by atoms with van der Waals surface area (Å²) < 4.78 is 39.3. The molecule has 12 heteroatoms. The third-order valence-corrected chi connectivity index (χ3v) is 12.6. The molecule has 0 heterocycles. The number of aliphatic hydroxyl groups excluding tert-OH is 1. The van der Waals surface area contributed by atoms with Crippen LogP contribution in [0, 0.1) is 0 Å². The van der Waals surface area contributed by atoms with Crippen molar-refractivity contribution in [3.63, 3.8) is 0 Å². The SMILES string of the molecule is CC/C=C\C/C=C\C/C=C\C/C=C\C/C=C\CCCC(=O)OC(COC(=O)CCCCCCCCCCC)COP(=O)(O)OCC(CO)OC(=O)CCCCCCCCC/C=C\CCCCCCCC. The molecule has 0 aliphatic carbocycles. The normalized spacial score (nSPS) is 14.0. The molecule has 0 aromatic heterocycles. The Kier molecular flexibility index (Phi) is 50.0. The van der Waals surface area contributed by atoms with Crippen LogP contribution in [0.3, 0.4) is 0 Å². The Labute approximate surface area is 427 Å². The highest BCUT2D eigenvalue weighted by molar-refractivity contribution is 7.47. The molecule has 0 saturated heterocycles. The Balaban J connectivity index is 4.71. The van der Waals surface area contributed by atoms with E-state index in [4.69, 9.17) is 23.3 Å². The molecule has 3 unspecified atom stereocenters. The molecule has 0 aromatic carbocycles. The number of phosphoric ester groups is 1. The van der Waals surface area contributed by atoms with Crippen LogP contribution in [0.5, 0.6) is 0 Å². The lowest BCUT2D eigenvalue weighted by Crippen LogP contribution is -2.30. The number of hydrogen-bond donors (Lipinski definition) is 2. The highest BCUT2D eigenvalue weighted by atomic mass is 31.2. The molecular formula is C58H101O11P. The summed E-state index contributed by atoms with van der Waals surface area (Å²) in [4.78, 5) is 48.3. The summed E-state index contributed by atoms with van der Waals surface area (Å²) in [6.45, 7) is 4.44. The monoisotopic (exact) mass is 1000 g/mol. The number of aliphatic hydroxyl groups is 1. The minimum absolute atomic E-state index is 0.0888. The van der Waals surface area contributed by atoms with E-state index in [1.54, 1.807) is 0 Å². The number of unbranched alkanes of at least 4 members (excludes halogenated alkanes) is 22. The predicted octanol–water partition coefficient (Wildman–Crippen LogP) is 16.1. The first kappa shape index (κ1) is 66.9. The largest absolute Gasteiger partial charge is 0.472 e. The van der Waals surface area contributed by atoms with Gasteiger partial charge in [0.2, 0.25) is 0 Å².